The lowest BCUT2D eigenvalue weighted by atomic mass is 9.65. The molecule has 0 N–H and O–H groups in total. The van der Waals surface area contributed by atoms with Crippen LogP contribution in [0, 0.1) is 5.92 Å². The van der Waals surface area contributed by atoms with Gasteiger partial charge in [-0.3, -0.25) is 19.3 Å². The molecule has 0 aromatic heterocycles. The molecule has 2 atom stereocenters. The summed E-state index contributed by atoms with van der Waals surface area (Å²) < 4.78 is 5.54. The molecule has 0 spiro atoms. The van der Waals surface area contributed by atoms with Crippen LogP contribution in [0.2, 0.25) is 0 Å². The fraction of sp³-hybridized carbons (Fsp3) is 0.308. The zero-order valence-corrected chi connectivity index (χ0v) is 18.9. The van der Waals surface area contributed by atoms with Crippen LogP contribution in [-0.4, -0.2) is 40.9 Å². The van der Waals surface area contributed by atoms with E-state index in [1.807, 2.05) is 0 Å². The number of hydrogen-bond acceptors (Lipinski definition) is 5. The third-order valence-electron chi connectivity index (χ3n) is 5.99. The van der Waals surface area contributed by atoms with E-state index < -0.39 is 34.8 Å². The molecule has 1 fully saturated rings. The lowest BCUT2D eigenvalue weighted by Crippen LogP contribution is -2.51. The molecule has 33 heavy (non-hydrogen) atoms. The van der Waals surface area contributed by atoms with Gasteiger partial charge in [0.15, 0.2) is 0 Å². The van der Waals surface area contributed by atoms with Gasteiger partial charge in [0.1, 0.15) is 11.0 Å². The molecule has 2 aromatic carbocycles. The van der Waals surface area contributed by atoms with E-state index in [9.17, 15) is 19.2 Å². The first kappa shape index (κ1) is 22.5. The molecule has 170 valence electrons. The Bertz CT molecular complexity index is 1150. The quantitative estimate of drug-likeness (QED) is 0.527. The number of nitrogens with zero attached hydrogens (tertiary/aromatic N) is 2. The van der Waals surface area contributed by atoms with Crippen molar-refractivity contribution in [1.82, 2.24) is 4.90 Å². The smallest absolute Gasteiger partial charge is 0.421 e. The first-order valence-corrected chi connectivity index (χ1v) is 10.8. The Hall–Kier alpha value is -3.74. The number of anilines is 1. The van der Waals surface area contributed by atoms with Gasteiger partial charge in [0.05, 0.1) is 11.6 Å². The standard InChI is InChI=1S/C26H26N2O5/c1-5-15-27-21(29)16-19(22(27)30)26(17-11-7-6-8-12-17)18-13-9-10-14-20(18)28(23(26)31)24(32)33-25(2,3)4/h5-14,19H,1,15-16H2,2-4H3/t19-,26-/m1/s1. The summed E-state index contributed by atoms with van der Waals surface area (Å²) in [6.07, 6.45) is 0.506. The Morgan fingerprint density at radius 2 is 1.73 bits per heavy atom. The molecule has 0 aliphatic carbocycles. The highest BCUT2D eigenvalue weighted by Gasteiger charge is 2.63. The van der Waals surface area contributed by atoms with Crippen molar-refractivity contribution in [1.29, 1.82) is 0 Å². The van der Waals surface area contributed by atoms with Crippen molar-refractivity contribution in [2.45, 2.75) is 38.2 Å². The Morgan fingerprint density at radius 3 is 2.36 bits per heavy atom. The summed E-state index contributed by atoms with van der Waals surface area (Å²) in [5.74, 6) is -2.44. The Kier molecular flexibility index (Phi) is 5.44. The summed E-state index contributed by atoms with van der Waals surface area (Å²) in [7, 11) is 0. The summed E-state index contributed by atoms with van der Waals surface area (Å²) in [4.78, 5) is 55.8. The molecule has 0 unspecified atom stereocenters. The predicted molar refractivity (Wildman–Crippen MR) is 122 cm³/mol. The first-order valence-electron chi connectivity index (χ1n) is 10.8. The second-order valence-electron chi connectivity index (χ2n) is 9.20. The van der Waals surface area contributed by atoms with Crippen LogP contribution in [0.3, 0.4) is 0 Å². The number of imide groups is 2. The number of likely N-dealkylation sites (tertiary alicyclic amines) is 1. The summed E-state index contributed by atoms with van der Waals surface area (Å²) in [5.41, 5.74) is -0.983. The molecular formula is C26H26N2O5. The van der Waals surface area contributed by atoms with Crippen LogP contribution in [0.4, 0.5) is 10.5 Å². The molecule has 0 radical (unpaired) electrons. The fourth-order valence-electron chi connectivity index (χ4n) is 4.75. The van der Waals surface area contributed by atoms with Crippen molar-refractivity contribution < 1.29 is 23.9 Å². The maximum absolute atomic E-state index is 14.2. The molecular weight excluding hydrogens is 420 g/mol. The Labute approximate surface area is 192 Å². The fourth-order valence-corrected chi connectivity index (χ4v) is 4.75. The van der Waals surface area contributed by atoms with Gasteiger partial charge in [-0.2, -0.15) is 0 Å². The third kappa shape index (κ3) is 3.44. The van der Waals surface area contributed by atoms with Crippen molar-refractivity contribution in [3.8, 4) is 0 Å². The zero-order valence-electron chi connectivity index (χ0n) is 18.9. The van der Waals surface area contributed by atoms with Crippen LogP contribution in [0.1, 0.15) is 38.3 Å². The zero-order chi connectivity index (χ0) is 24.0. The van der Waals surface area contributed by atoms with Gasteiger partial charge in [-0.15, -0.1) is 6.58 Å². The molecule has 4 rings (SSSR count). The van der Waals surface area contributed by atoms with Gasteiger partial charge in [0.25, 0.3) is 5.91 Å². The molecule has 2 heterocycles. The maximum atomic E-state index is 14.2. The maximum Gasteiger partial charge on any atom is 0.421 e. The normalized spacial score (nSPS) is 22.5. The highest BCUT2D eigenvalue weighted by atomic mass is 16.6. The van der Waals surface area contributed by atoms with Crippen molar-refractivity contribution in [3.05, 3.63) is 78.4 Å². The van der Waals surface area contributed by atoms with Gasteiger partial charge >= 0.3 is 6.09 Å². The Balaban J connectivity index is 1.96. The second-order valence-corrected chi connectivity index (χ2v) is 9.20. The van der Waals surface area contributed by atoms with Crippen LogP contribution < -0.4 is 4.90 Å². The van der Waals surface area contributed by atoms with Gasteiger partial charge in [-0.1, -0.05) is 54.6 Å². The third-order valence-corrected chi connectivity index (χ3v) is 5.99. The van der Waals surface area contributed by atoms with Crippen molar-refractivity contribution in [3.63, 3.8) is 0 Å². The van der Waals surface area contributed by atoms with Gasteiger partial charge in [0, 0.05) is 13.0 Å². The molecule has 1 saturated heterocycles. The Morgan fingerprint density at radius 1 is 1.09 bits per heavy atom. The van der Waals surface area contributed by atoms with Crippen molar-refractivity contribution in [2.24, 2.45) is 5.92 Å². The first-order chi connectivity index (χ1) is 15.6. The number of carbonyl (C=O) groups is 4. The van der Waals surface area contributed by atoms with E-state index in [0.717, 1.165) is 9.80 Å². The van der Waals surface area contributed by atoms with Crippen LogP contribution in [0.25, 0.3) is 0 Å². The highest BCUT2D eigenvalue weighted by molar-refractivity contribution is 6.24. The minimum atomic E-state index is -1.54. The topological polar surface area (TPSA) is 84.0 Å². The molecule has 2 aliphatic heterocycles. The number of fused-ring (bicyclic) bond motifs is 1. The van der Waals surface area contributed by atoms with Crippen LogP contribution in [0.15, 0.2) is 67.3 Å². The average molecular weight is 447 g/mol. The number of amides is 4. The molecule has 7 heteroatoms. The lowest BCUT2D eigenvalue weighted by molar-refractivity contribution is -0.140. The molecule has 0 bridgehead atoms. The van der Waals surface area contributed by atoms with Crippen molar-refractivity contribution >= 4 is 29.5 Å². The number of para-hydroxylation sites is 1. The highest BCUT2D eigenvalue weighted by Crippen LogP contribution is 2.53. The van der Waals surface area contributed by atoms with Crippen LogP contribution in [0.5, 0.6) is 0 Å². The lowest BCUT2D eigenvalue weighted by Gasteiger charge is -2.33. The van der Waals surface area contributed by atoms with E-state index in [1.54, 1.807) is 75.4 Å². The van der Waals surface area contributed by atoms with E-state index in [1.165, 1.54) is 6.08 Å². The van der Waals surface area contributed by atoms with Crippen LogP contribution in [-0.2, 0) is 24.5 Å². The van der Waals surface area contributed by atoms with Crippen LogP contribution >= 0.6 is 0 Å². The van der Waals surface area contributed by atoms with E-state index >= 15 is 0 Å². The number of carbonyl (C=O) groups excluding carboxylic acids is 4. The van der Waals surface area contributed by atoms with Crippen molar-refractivity contribution in [2.75, 3.05) is 11.4 Å². The SMILES string of the molecule is C=CCN1C(=O)C[C@@H]([C@]2(c3ccccc3)C(=O)N(C(=O)OC(C)(C)C)c3ccccc32)C1=O. The van der Waals surface area contributed by atoms with E-state index in [2.05, 4.69) is 6.58 Å². The minimum absolute atomic E-state index is 0.0602. The molecule has 7 nitrogen and oxygen atoms in total. The number of rotatable bonds is 4. The monoisotopic (exact) mass is 446 g/mol. The summed E-state index contributed by atoms with van der Waals surface area (Å²) in [6, 6.07) is 15.7. The second kappa shape index (κ2) is 7.99. The van der Waals surface area contributed by atoms with Gasteiger partial charge < -0.3 is 4.74 Å². The molecule has 0 saturated carbocycles. The summed E-state index contributed by atoms with van der Waals surface area (Å²) in [5, 5.41) is 0. The number of benzene rings is 2. The van der Waals surface area contributed by atoms with E-state index in [0.29, 0.717) is 16.8 Å². The van der Waals surface area contributed by atoms with Gasteiger partial charge in [0.2, 0.25) is 11.8 Å². The number of ether oxygens (including phenoxy) is 1. The summed E-state index contributed by atoms with van der Waals surface area (Å²) in [6.45, 7) is 8.84. The van der Waals surface area contributed by atoms with E-state index in [4.69, 9.17) is 4.74 Å². The molecule has 2 aromatic rings. The minimum Gasteiger partial charge on any atom is -0.443 e. The average Bonchev–Trinajstić information content (AvgIpc) is 3.19. The van der Waals surface area contributed by atoms with Gasteiger partial charge in [-0.05, 0) is 38.0 Å². The molecule has 4 amide bonds. The predicted octanol–water partition coefficient (Wildman–Crippen LogP) is 3.82. The molecule has 2 aliphatic rings. The van der Waals surface area contributed by atoms with E-state index in [-0.39, 0.29) is 18.9 Å². The summed E-state index contributed by atoms with van der Waals surface area (Å²) >= 11 is 0. The largest absolute Gasteiger partial charge is 0.443 e. The van der Waals surface area contributed by atoms with Gasteiger partial charge in [-0.25, -0.2) is 9.69 Å². The number of hydrogen-bond donors (Lipinski definition) is 0.